The summed E-state index contributed by atoms with van der Waals surface area (Å²) in [5.74, 6) is -0.0357. The molecule has 3 nitrogen and oxygen atoms in total. The van der Waals surface area contributed by atoms with Crippen molar-refractivity contribution in [1.82, 2.24) is 0 Å². The van der Waals surface area contributed by atoms with Crippen molar-refractivity contribution in [1.29, 1.82) is 0 Å². The number of rotatable bonds is 2. The summed E-state index contributed by atoms with van der Waals surface area (Å²) in [5.41, 5.74) is -0.249. The fourth-order valence-electron chi connectivity index (χ4n) is 3.88. The van der Waals surface area contributed by atoms with E-state index in [1.165, 1.54) is 24.2 Å². The zero-order chi connectivity index (χ0) is 14.3. The zero-order valence-electron chi connectivity index (χ0n) is 12.4. The number of hydrogen-bond donors (Lipinski definition) is 0. The third kappa shape index (κ3) is 2.42. The smallest absolute Gasteiger partial charge is 0.200 e. The van der Waals surface area contributed by atoms with E-state index in [0.717, 1.165) is 19.3 Å². The van der Waals surface area contributed by atoms with Crippen LogP contribution in [0.15, 0.2) is 35.2 Å². The molecule has 3 heterocycles. The summed E-state index contributed by atoms with van der Waals surface area (Å²) in [7, 11) is 0. The molecule has 0 amide bonds. The Kier molecular flexibility index (Phi) is 3.53. The van der Waals surface area contributed by atoms with E-state index in [1.807, 2.05) is 13.0 Å². The second kappa shape index (κ2) is 5.27. The summed E-state index contributed by atoms with van der Waals surface area (Å²) >= 11 is 1.79. The molecule has 3 aliphatic heterocycles. The molecular formula is C17H22O3S. The lowest BCUT2D eigenvalue weighted by atomic mass is 9.74. The zero-order valence-corrected chi connectivity index (χ0v) is 13.2. The third-order valence-electron chi connectivity index (χ3n) is 5.12. The monoisotopic (exact) mass is 306 g/mol. The van der Waals surface area contributed by atoms with Crippen LogP contribution in [0.1, 0.15) is 45.4 Å². The van der Waals surface area contributed by atoms with E-state index < -0.39 is 5.79 Å². The van der Waals surface area contributed by atoms with E-state index in [0.29, 0.717) is 5.92 Å². The maximum Gasteiger partial charge on any atom is 0.200 e. The van der Waals surface area contributed by atoms with E-state index in [4.69, 9.17) is 14.5 Å². The van der Waals surface area contributed by atoms with E-state index in [1.54, 1.807) is 11.8 Å². The third-order valence-corrected chi connectivity index (χ3v) is 6.38. The molecule has 21 heavy (non-hydrogen) atoms. The molecule has 1 aliphatic carbocycles. The van der Waals surface area contributed by atoms with Crippen LogP contribution in [0.25, 0.3) is 0 Å². The van der Waals surface area contributed by atoms with Gasteiger partial charge < -0.3 is 4.74 Å². The van der Waals surface area contributed by atoms with Gasteiger partial charge in [-0.25, -0.2) is 9.78 Å². The number of thioether (sulfide) groups is 1. The Balaban J connectivity index is 1.67. The first-order chi connectivity index (χ1) is 10.2. The standard InChI is InChI=1S/C17H22O3S/c1-16-12-10-13-7-5-6-11-17(13,20-19-16)15(18-16)21-14-8-3-2-4-9-14/h2-4,8-9,13,15H,5-7,10-12H2,1H3/t13-,15?,16-,17+/m0/s1. The quantitative estimate of drug-likeness (QED) is 0.751. The Hall–Kier alpha value is -0.550. The number of ether oxygens (including phenoxy) is 1. The van der Waals surface area contributed by atoms with Crippen LogP contribution in [0.2, 0.25) is 0 Å². The van der Waals surface area contributed by atoms with Gasteiger partial charge in [0.25, 0.3) is 0 Å². The van der Waals surface area contributed by atoms with E-state index in [2.05, 4.69) is 24.3 Å². The first-order valence-corrected chi connectivity index (χ1v) is 8.85. The molecule has 4 atom stereocenters. The predicted molar refractivity (Wildman–Crippen MR) is 81.7 cm³/mol. The normalized spacial score (nSPS) is 42.3. The van der Waals surface area contributed by atoms with Crippen molar-refractivity contribution in [3.8, 4) is 0 Å². The van der Waals surface area contributed by atoms with Crippen LogP contribution < -0.4 is 0 Å². The first-order valence-electron chi connectivity index (χ1n) is 7.97. The van der Waals surface area contributed by atoms with Crippen molar-refractivity contribution in [3.63, 3.8) is 0 Å². The molecule has 4 aliphatic rings. The second-order valence-electron chi connectivity index (χ2n) is 6.62. The minimum absolute atomic E-state index is 0.0199. The maximum atomic E-state index is 6.38. The van der Waals surface area contributed by atoms with Crippen molar-refractivity contribution >= 4 is 11.8 Å². The molecule has 0 N–H and O–H groups in total. The summed E-state index contributed by atoms with van der Waals surface area (Å²) < 4.78 is 6.38. The van der Waals surface area contributed by atoms with E-state index >= 15 is 0 Å². The van der Waals surface area contributed by atoms with Crippen LogP contribution in [0, 0.1) is 5.92 Å². The number of benzene rings is 1. The van der Waals surface area contributed by atoms with Crippen molar-refractivity contribution in [2.75, 3.05) is 0 Å². The molecule has 4 heteroatoms. The van der Waals surface area contributed by atoms with Crippen molar-refractivity contribution < 1.29 is 14.5 Å². The molecule has 0 aromatic heterocycles. The van der Waals surface area contributed by atoms with Crippen molar-refractivity contribution in [2.45, 2.75) is 67.2 Å². The van der Waals surface area contributed by atoms with Gasteiger partial charge in [0.05, 0.1) is 0 Å². The topological polar surface area (TPSA) is 27.7 Å². The Labute approximate surface area is 130 Å². The van der Waals surface area contributed by atoms with Gasteiger partial charge in [-0.2, -0.15) is 0 Å². The van der Waals surface area contributed by atoms with Crippen molar-refractivity contribution in [2.24, 2.45) is 5.92 Å². The average Bonchev–Trinajstić information content (AvgIpc) is 2.73. The summed E-state index contributed by atoms with van der Waals surface area (Å²) in [6, 6.07) is 10.5. The van der Waals surface area contributed by atoms with Gasteiger partial charge in [-0.15, -0.1) is 0 Å². The van der Waals surface area contributed by atoms with Crippen LogP contribution in [-0.4, -0.2) is 16.8 Å². The van der Waals surface area contributed by atoms with Gasteiger partial charge in [-0.05, 0) is 44.2 Å². The minimum Gasteiger partial charge on any atom is -0.330 e. The van der Waals surface area contributed by atoms with Gasteiger partial charge in [-0.1, -0.05) is 42.8 Å². The van der Waals surface area contributed by atoms with Gasteiger partial charge in [0, 0.05) is 11.3 Å². The Morgan fingerprint density at radius 1 is 1.05 bits per heavy atom. The minimum atomic E-state index is -0.588. The molecule has 3 saturated heterocycles. The molecule has 2 bridgehead atoms. The fourth-order valence-corrected chi connectivity index (χ4v) is 5.25. The van der Waals surface area contributed by atoms with Crippen molar-refractivity contribution in [3.05, 3.63) is 30.3 Å². The highest BCUT2D eigenvalue weighted by Crippen LogP contribution is 2.55. The van der Waals surface area contributed by atoms with Gasteiger partial charge in [-0.3, -0.25) is 0 Å². The number of fused-ring (bicyclic) bond motifs is 3. The highest BCUT2D eigenvalue weighted by Gasteiger charge is 2.59. The first kappa shape index (κ1) is 14.1. The van der Waals surface area contributed by atoms with E-state index in [-0.39, 0.29) is 11.0 Å². The van der Waals surface area contributed by atoms with Crippen LogP contribution in [-0.2, 0) is 14.5 Å². The molecule has 1 saturated carbocycles. The molecule has 114 valence electrons. The van der Waals surface area contributed by atoms with Crippen LogP contribution in [0.4, 0.5) is 0 Å². The number of hydrogen-bond acceptors (Lipinski definition) is 4. The molecule has 1 unspecified atom stereocenters. The van der Waals surface area contributed by atoms with Gasteiger partial charge in [0.1, 0.15) is 11.0 Å². The summed E-state index contributed by atoms with van der Waals surface area (Å²) in [6.45, 7) is 2.01. The average molecular weight is 306 g/mol. The molecule has 5 rings (SSSR count). The Bertz CT molecular complexity index is 504. The SMILES string of the molecule is C[C@@]12CC[C@@H]3CCCC[C@]3(OO1)C(Sc1ccccc1)O2. The maximum absolute atomic E-state index is 6.38. The van der Waals surface area contributed by atoms with Crippen LogP contribution in [0.5, 0.6) is 0 Å². The summed E-state index contributed by atoms with van der Waals surface area (Å²) in [6.07, 6.45) is 6.83. The lowest BCUT2D eigenvalue weighted by Crippen LogP contribution is -2.57. The van der Waals surface area contributed by atoms with E-state index in [9.17, 15) is 0 Å². The lowest BCUT2D eigenvalue weighted by molar-refractivity contribution is -0.513. The molecule has 0 radical (unpaired) electrons. The Morgan fingerprint density at radius 2 is 1.90 bits per heavy atom. The summed E-state index contributed by atoms with van der Waals surface area (Å²) in [4.78, 5) is 13.0. The lowest BCUT2D eigenvalue weighted by Gasteiger charge is -2.49. The highest BCUT2D eigenvalue weighted by atomic mass is 32.2. The predicted octanol–water partition coefficient (Wildman–Crippen LogP) is 4.52. The Morgan fingerprint density at radius 3 is 2.76 bits per heavy atom. The fraction of sp³-hybridized carbons (Fsp3) is 0.647. The molecule has 4 fully saturated rings. The largest absolute Gasteiger partial charge is 0.330 e. The van der Waals surface area contributed by atoms with Crippen LogP contribution >= 0.6 is 11.8 Å². The second-order valence-corrected chi connectivity index (χ2v) is 7.75. The summed E-state index contributed by atoms with van der Waals surface area (Å²) in [5, 5.41) is 0. The molecule has 1 aromatic carbocycles. The van der Waals surface area contributed by atoms with Gasteiger partial charge in [0.2, 0.25) is 0 Å². The molecular weight excluding hydrogens is 284 g/mol. The highest BCUT2D eigenvalue weighted by molar-refractivity contribution is 7.99. The van der Waals surface area contributed by atoms with Gasteiger partial charge in [0.15, 0.2) is 5.79 Å². The van der Waals surface area contributed by atoms with Crippen LogP contribution in [0.3, 0.4) is 0 Å². The molecule has 1 aromatic rings. The van der Waals surface area contributed by atoms with Gasteiger partial charge >= 0.3 is 0 Å². The molecule has 1 spiro atoms.